The van der Waals surface area contributed by atoms with E-state index in [0.717, 1.165) is 18.5 Å². The topological polar surface area (TPSA) is 86.0 Å². The van der Waals surface area contributed by atoms with Crippen LogP contribution in [0.1, 0.15) is 13.3 Å². The van der Waals surface area contributed by atoms with E-state index in [9.17, 15) is 0 Å². The van der Waals surface area contributed by atoms with Crippen molar-refractivity contribution >= 4 is 11.6 Å². The van der Waals surface area contributed by atoms with E-state index in [1.165, 1.54) is 7.11 Å². The Balaban J connectivity index is 2.38. The van der Waals surface area contributed by atoms with Crippen LogP contribution in [0.15, 0.2) is 24.3 Å². The number of hydrogen-bond acceptors (Lipinski definition) is 6. The highest BCUT2D eigenvalue weighted by atomic mass is 16.5. The average Bonchev–Trinajstić information content (AvgIpc) is 2.44. The first-order chi connectivity index (χ1) is 9.22. The largest absolute Gasteiger partial charge is 0.467 e. The number of hydrogen-bond donors (Lipinski definition) is 2. The van der Waals surface area contributed by atoms with Crippen LogP contribution in [0.4, 0.5) is 11.6 Å². The Morgan fingerprint density at radius 2 is 2.11 bits per heavy atom. The van der Waals surface area contributed by atoms with Gasteiger partial charge in [0.15, 0.2) is 5.82 Å². The SMILES string of the molecule is CCCNc1nc(OC)nc(-c2cccc(N)c2)n1. The van der Waals surface area contributed by atoms with Crippen molar-refractivity contribution in [3.63, 3.8) is 0 Å². The van der Waals surface area contributed by atoms with E-state index in [1.54, 1.807) is 0 Å². The summed E-state index contributed by atoms with van der Waals surface area (Å²) in [5, 5.41) is 3.12. The molecule has 1 aromatic carbocycles. The number of nitrogens with zero attached hydrogens (tertiary/aromatic N) is 3. The highest BCUT2D eigenvalue weighted by molar-refractivity contribution is 5.61. The molecule has 1 heterocycles. The van der Waals surface area contributed by atoms with Crippen molar-refractivity contribution in [2.24, 2.45) is 0 Å². The van der Waals surface area contributed by atoms with Crippen LogP contribution in [0.5, 0.6) is 6.01 Å². The zero-order valence-electron chi connectivity index (χ0n) is 11.1. The molecule has 1 aromatic heterocycles. The van der Waals surface area contributed by atoms with E-state index >= 15 is 0 Å². The van der Waals surface area contributed by atoms with Gasteiger partial charge in [-0.3, -0.25) is 0 Å². The summed E-state index contributed by atoms with van der Waals surface area (Å²) < 4.78 is 5.09. The lowest BCUT2D eigenvalue weighted by Crippen LogP contribution is -2.07. The number of aromatic nitrogens is 3. The van der Waals surface area contributed by atoms with Gasteiger partial charge in [0.25, 0.3) is 0 Å². The van der Waals surface area contributed by atoms with Crippen LogP contribution >= 0.6 is 0 Å². The Bertz CT molecular complexity index is 558. The summed E-state index contributed by atoms with van der Waals surface area (Å²) in [6.07, 6.45) is 0.988. The molecule has 0 bridgehead atoms. The molecule has 0 atom stereocenters. The Hall–Kier alpha value is -2.37. The van der Waals surface area contributed by atoms with E-state index in [2.05, 4.69) is 27.2 Å². The molecule has 19 heavy (non-hydrogen) atoms. The van der Waals surface area contributed by atoms with E-state index in [1.807, 2.05) is 24.3 Å². The third-order valence-corrected chi connectivity index (χ3v) is 2.48. The van der Waals surface area contributed by atoms with Crippen molar-refractivity contribution < 1.29 is 4.74 Å². The Morgan fingerprint density at radius 3 is 2.79 bits per heavy atom. The quantitative estimate of drug-likeness (QED) is 0.798. The molecule has 2 aromatic rings. The van der Waals surface area contributed by atoms with Crippen molar-refractivity contribution in [2.45, 2.75) is 13.3 Å². The summed E-state index contributed by atoms with van der Waals surface area (Å²) in [4.78, 5) is 12.7. The summed E-state index contributed by atoms with van der Waals surface area (Å²) in [6, 6.07) is 7.68. The second-order valence-electron chi connectivity index (χ2n) is 4.02. The van der Waals surface area contributed by atoms with Crippen molar-refractivity contribution in [3.05, 3.63) is 24.3 Å². The number of ether oxygens (including phenoxy) is 1. The lowest BCUT2D eigenvalue weighted by atomic mass is 10.2. The van der Waals surface area contributed by atoms with Gasteiger partial charge >= 0.3 is 6.01 Å². The molecule has 0 aliphatic rings. The summed E-state index contributed by atoms with van der Waals surface area (Å²) in [7, 11) is 1.53. The molecule has 6 heteroatoms. The smallest absolute Gasteiger partial charge is 0.321 e. The molecular weight excluding hydrogens is 242 g/mol. The van der Waals surface area contributed by atoms with Crippen molar-refractivity contribution in [2.75, 3.05) is 24.7 Å². The zero-order valence-corrected chi connectivity index (χ0v) is 11.1. The maximum absolute atomic E-state index is 5.77. The first-order valence-electron chi connectivity index (χ1n) is 6.12. The van der Waals surface area contributed by atoms with Gasteiger partial charge < -0.3 is 15.8 Å². The molecule has 0 saturated carbocycles. The minimum atomic E-state index is 0.283. The Kier molecular flexibility index (Phi) is 4.12. The lowest BCUT2D eigenvalue weighted by molar-refractivity contribution is 0.379. The molecule has 2 rings (SSSR count). The van der Waals surface area contributed by atoms with Crippen LogP contribution in [0.2, 0.25) is 0 Å². The number of anilines is 2. The molecule has 3 N–H and O–H groups in total. The Labute approximate surface area is 112 Å². The normalized spacial score (nSPS) is 10.2. The first-order valence-corrected chi connectivity index (χ1v) is 6.12. The minimum absolute atomic E-state index is 0.283. The monoisotopic (exact) mass is 259 g/mol. The van der Waals surface area contributed by atoms with Crippen LogP contribution in [0.3, 0.4) is 0 Å². The lowest BCUT2D eigenvalue weighted by Gasteiger charge is -2.07. The average molecular weight is 259 g/mol. The summed E-state index contributed by atoms with van der Waals surface area (Å²) in [6.45, 7) is 2.87. The fourth-order valence-corrected chi connectivity index (χ4v) is 1.57. The fraction of sp³-hybridized carbons (Fsp3) is 0.308. The zero-order chi connectivity index (χ0) is 13.7. The number of methoxy groups -OCH3 is 1. The van der Waals surface area contributed by atoms with Crippen molar-refractivity contribution in [1.82, 2.24) is 15.0 Å². The van der Waals surface area contributed by atoms with Gasteiger partial charge in [-0.1, -0.05) is 19.1 Å². The highest BCUT2D eigenvalue weighted by Crippen LogP contribution is 2.20. The van der Waals surface area contributed by atoms with Gasteiger partial charge in [0.2, 0.25) is 5.95 Å². The molecule has 0 unspecified atom stereocenters. The van der Waals surface area contributed by atoms with Gasteiger partial charge in [-0.2, -0.15) is 15.0 Å². The van der Waals surface area contributed by atoms with Gasteiger partial charge in [0.1, 0.15) is 0 Å². The third kappa shape index (κ3) is 3.31. The maximum Gasteiger partial charge on any atom is 0.321 e. The first kappa shape index (κ1) is 13.1. The number of nitrogen functional groups attached to an aromatic ring is 1. The van der Waals surface area contributed by atoms with Gasteiger partial charge in [-0.15, -0.1) is 0 Å². The molecule has 100 valence electrons. The van der Waals surface area contributed by atoms with Crippen LogP contribution in [0.25, 0.3) is 11.4 Å². The summed E-state index contributed by atoms with van der Waals surface area (Å²) in [5.41, 5.74) is 7.27. The van der Waals surface area contributed by atoms with Crippen LogP contribution in [-0.4, -0.2) is 28.6 Å². The van der Waals surface area contributed by atoms with Gasteiger partial charge in [0, 0.05) is 17.8 Å². The molecule has 0 spiro atoms. The standard InChI is InChI=1S/C13H17N5O/c1-3-7-15-12-16-11(17-13(18-12)19-2)9-5-4-6-10(14)8-9/h4-6,8H,3,7,14H2,1-2H3,(H,15,16,17,18). The van der Waals surface area contributed by atoms with Crippen LogP contribution in [0, 0.1) is 0 Å². The van der Waals surface area contributed by atoms with Crippen LogP contribution in [-0.2, 0) is 0 Å². The molecular formula is C13H17N5O. The molecule has 0 aliphatic carbocycles. The maximum atomic E-state index is 5.77. The van der Waals surface area contributed by atoms with E-state index < -0.39 is 0 Å². The molecule has 0 fully saturated rings. The predicted octanol–water partition coefficient (Wildman–Crippen LogP) is 1.95. The molecule has 0 amide bonds. The van der Waals surface area contributed by atoms with Crippen molar-refractivity contribution in [3.8, 4) is 17.4 Å². The summed E-state index contributed by atoms with van der Waals surface area (Å²) >= 11 is 0. The fourth-order valence-electron chi connectivity index (χ4n) is 1.57. The van der Waals surface area contributed by atoms with E-state index in [0.29, 0.717) is 17.5 Å². The van der Waals surface area contributed by atoms with Gasteiger partial charge in [-0.05, 0) is 18.6 Å². The minimum Gasteiger partial charge on any atom is -0.467 e. The van der Waals surface area contributed by atoms with Crippen molar-refractivity contribution in [1.29, 1.82) is 0 Å². The number of benzene rings is 1. The second-order valence-corrected chi connectivity index (χ2v) is 4.02. The van der Waals surface area contributed by atoms with Crippen LogP contribution < -0.4 is 15.8 Å². The molecule has 6 nitrogen and oxygen atoms in total. The second kappa shape index (κ2) is 5.99. The predicted molar refractivity (Wildman–Crippen MR) is 75.0 cm³/mol. The highest BCUT2D eigenvalue weighted by Gasteiger charge is 2.08. The third-order valence-electron chi connectivity index (χ3n) is 2.48. The molecule has 0 saturated heterocycles. The number of rotatable bonds is 5. The van der Waals surface area contributed by atoms with Gasteiger partial charge in [0.05, 0.1) is 7.11 Å². The summed E-state index contributed by atoms with van der Waals surface area (Å²) in [5.74, 6) is 1.05. The van der Waals surface area contributed by atoms with Gasteiger partial charge in [-0.25, -0.2) is 0 Å². The van der Waals surface area contributed by atoms with E-state index in [-0.39, 0.29) is 6.01 Å². The molecule has 0 radical (unpaired) electrons. The van der Waals surface area contributed by atoms with E-state index in [4.69, 9.17) is 10.5 Å². The number of nitrogens with one attached hydrogen (secondary N) is 1. The number of nitrogens with two attached hydrogens (primary N) is 1. The Morgan fingerprint density at radius 1 is 1.26 bits per heavy atom. The molecule has 0 aliphatic heterocycles.